The standard InChI is InChI=1S/C28H48O/c1-19(2)8-7-9-20(3)23-13-16-28(6)25-11-10-21-18-22(29)12-15-26(21,4)24(25)14-17-27(23,28)5/h14,19-23,25,29H,7-13,15-18H2,1-6H3/t20-,21?,22+,23-,25-,26+,27-,28+/m1/s1. The van der Waals surface area contributed by atoms with Gasteiger partial charge in [-0.15, -0.1) is 0 Å². The van der Waals surface area contributed by atoms with Crippen LogP contribution < -0.4 is 0 Å². The molecule has 0 aromatic heterocycles. The third kappa shape index (κ3) is 3.37. The van der Waals surface area contributed by atoms with Crippen LogP contribution in [0.5, 0.6) is 0 Å². The zero-order valence-electron chi connectivity index (χ0n) is 20.3. The Balaban J connectivity index is 1.57. The second-order valence-electron chi connectivity index (χ2n) is 12.8. The summed E-state index contributed by atoms with van der Waals surface area (Å²) in [6, 6.07) is 0. The van der Waals surface area contributed by atoms with E-state index in [0.717, 1.165) is 36.5 Å². The first-order chi connectivity index (χ1) is 13.6. The Morgan fingerprint density at radius 3 is 2.45 bits per heavy atom. The average Bonchev–Trinajstić information content (AvgIpc) is 2.93. The van der Waals surface area contributed by atoms with Crippen LogP contribution in [-0.2, 0) is 0 Å². The molecule has 0 aromatic carbocycles. The molecule has 0 radical (unpaired) electrons. The summed E-state index contributed by atoms with van der Waals surface area (Å²) in [5.74, 6) is 4.12. The molecule has 1 unspecified atom stereocenters. The number of aliphatic hydroxyl groups excluding tert-OH is 1. The first-order valence-electron chi connectivity index (χ1n) is 13.0. The number of aliphatic hydroxyl groups is 1. The molecule has 1 nitrogen and oxygen atoms in total. The fourth-order valence-electron chi connectivity index (χ4n) is 8.88. The van der Waals surface area contributed by atoms with Crippen LogP contribution in [0.3, 0.4) is 0 Å². The number of fused-ring (bicyclic) bond motifs is 5. The van der Waals surface area contributed by atoms with E-state index in [1.807, 2.05) is 5.57 Å². The minimum atomic E-state index is -0.0442. The normalized spacial score (nSPS) is 47.9. The maximum atomic E-state index is 10.3. The average molecular weight is 401 g/mol. The van der Waals surface area contributed by atoms with Crippen LogP contribution in [0.4, 0.5) is 0 Å². The molecule has 4 aliphatic carbocycles. The lowest BCUT2D eigenvalue weighted by atomic mass is 9.44. The van der Waals surface area contributed by atoms with E-state index in [1.165, 1.54) is 57.8 Å². The first kappa shape index (κ1) is 21.9. The number of hydrogen-bond acceptors (Lipinski definition) is 1. The fourth-order valence-corrected chi connectivity index (χ4v) is 8.88. The summed E-state index contributed by atoms with van der Waals surface area (Å²) in [5, 5.41) is 10.3. The third-order valence-electron chi connectivity index (χ3n) is 11.0. The van der Waals surface area contributed by atoms with Gasteiger partial charge in [-0.2, -0.15) is 0 Å². The highest BCUT2D eigenvalue weighted by Crippen LogP contribution is 2.71. The summed E-state index contributed by atoms with van der Waals surface area (Å²) in [6.07, 6.45) is 17.1. The van der Waals surface area contributed by atoms with Gasteiger partial charge in [0.1, 0.15) is 0 Å². The number of allylic oxidation sites excluding steroid dienone is 2. The van der Waals surface area contributed by atoms with Gasteiger partial charge in [-0.25, -0.2) is 0 Å². The molecule has 0 aliphatic heterocycles. The fraction of sp³-hybridized carbons (Fsp3) is 0.929. The van der Waals surface area contributed by atoms with Crippen molar-refractivity contribution >= 4 is 0 Å². The van der Waals surface area contributed by atoms with Gasteiger partial charge in [0.05, 0.1) is 6.10 Å². The summed E-state index contributed by atoms with van der Waals surface area (Å²) in [4.78, 5) is 0. The molecule has 0 heterocycles. The molecular weight excluding hydrogens is 352 g/mol. The second-order valence-corrected chi connectivity index (χ2v) is 12.8. The van der Waals surface area contributed by atoms with Gasteiger partial charge in [0.15, 0.2) is 0 Å². The van der Waals surface area contributed by atoms with E-state index in [9.17, 15) is 5.11 Å². The minimum Gasteiger partial charge on any atom is -0.393 e. The smallest absolute Gasteiger partial charge is 0.0543 e. The van der Waals surface area contributed by atoms with E-state index in [-0.39, 0.29) is 6.10 Å². The molecule has 0 aromatic rings. The van der Waals surface area contributed by atoms with Gasteiger partial charge < -0.3 is 5.11 Å². The summed E-state index contributed by atoms with van der Waals surface area (Å²) in [7, 11) is 0. The lowest BCUT2D eigenvalue weighted by molar-refractivity contribution is -0.0560. The molecule has 3 saturated carbocycles. The Bertz CT molecular complexity index is 634. The highest BCUT2D eigenvalue weighted by Gasteiger charge is 2.63. The van der Waals surface area contributed by atoms with Crippen LogP contribution in [-0.4, -0.2) is 11.2 Å². The van der Waals surface area contributed by atoms with Gasteiger partial charge in [0.25, 0.3) is 0 Å². The Labute approximate surface area is 181 Å². The van der Waals surface area contributed by atoms with Crippen LogP contribution in [0.15, 0.2) is 11.6 Å². The highest BCUT2D eigenvalue weighted by atomic mass is 16.3. The maximum absolute atomic E-state index is 10.3. The predicted molar refractivity (Wildman–Crippen MR) is 124 cm³/mol. The van der Waals surface area contributed by atoms with Crippen LogP contribution in [0.25, 0.3) is 0 Å². The molecule has 29 heavy (non-hydrogen) atoms. The van der Waals surface area contributed by atoms with Crippen molar-refractivity contribution in [2.45, 2.75) is 118 Å². The van der Waals surface area contributed by atoms with Crippen molar-refractivity contribution in [2.24, 2.45) is 45.8 Å². The molecule has 1 heteroatoms. The van der Waals surface area contributed by atoms with Crippen LogP contribution in [0.2, 0.25) is 0 Å². The number of rotatable bonds is 5. The van der Waals surface area contributed by atoms with Gasteiger partial charge in [0, 0.05) is 0 Å². The van der Waals surface area contributed by atoms with Crippen molar-refractivity contribution in [1.29, 1.82) is 0 Å². The van der Waals surface area contributed by atoms with E-state index in [2.05, 4.69) is 47.6 Å². The molecule has 0 spiro atoms. The van der Waals surface area contributed by atoms with Crippen molar-refractivity contribution in [2.75, 3.05) is 0 Å². The zero-order valence-corrected chi connectivity index (χ0v) is 20.3. The Hall–Kier alpha value is -0.300. The van der Waals surface area contributed by atoms with E-state index < -0.39 is 0 Å². The van der Waals surface area contributed by atoms with Crippen LogP contribution in [0, 0.1) is 45.8 Å². The molecule has 166 valence electrons. The zero-order chi connectivity index (χ0) is 21.0. The summed E-state index contributed by atoms with van der Waals surface area (Å²) in [5.41, 5.74) is 3.16. The van der Waals surface area contributed by atoms with Gasteiger partial charge in [0.2, 0.25) is 0 Å². The quantitative estimate of drug-likeness (QED) is 0.467. The monoisotopic (exact) mass is 400 g/mol. The third-order valence-corrected chi connectivity index (χ3v) is 11.0. The van der Waals surface area contributed by atoms with Gasteiger partial charge >= 0.3 is 0 Å². The van der Waals surface area contributed by atoms with Crippen molar-refractivity contribution < 1.29 is 5.11 Å². The van der Waals surface area contributed by atoms with Crippen molar-refractivity contribution in [3.8, 4) is 0 Å². The van der Waals surface area contributed by atoms with E-state index in [1.54, 1.807) is 0 Å². The largest absolute Gasteiger partial charge is 0.393 e. The molecule has 3 fully saturated rings. The topological polar surface area (TPSA) is 20.2 Å². The van der Waals surface area contributed by atoms with E-state index in [4.69, 9.17) is 0 Å². The Kier molecular flexibility index (Phi) is 5.81. The minimum absolute atomic E-state index is 0.0442. The van der Waals surface area contributed by atoms with Crippen molar-refractivity contribution in [3.63, 3.8) is 0 Å². The lowest BCUT2D eigenvalue weighted by Gasteiger charge is -2.61. The summed E-state index contributed by atoms with van der Waals surface area (Å²) in [6.45, 7) is 15.2. The highest BCUT2D eigenvalue weighted by molar-refractivity contribution is 5.31. The number of hydrogen-bond donors (Lipinski definition) is 1. The van der Waals surface area contributed by atoms with Gasteiger partial charge in [-0.1, -0.05) is 72.5 Å². The molecule has 0 saturated heterocycles. The second kappa shape index (κ2) is 7.68. The van der Waals surface area contributed by atoms with E-state index >= 15 is 0 Å². The summed E-state index contributed by atoms with van der Waals surface area (Å²) >= 11 is 0. The molecule has 4 rings (SSSR count). The van der Waals surface area contributed by atoms with E-state index in [0.29, 0.717) is 22.2 Å². The van der Waals surface area contributed by atoms with Crippen molar-refractivity contribution in [3.05, 3.63) is 11.6 Å². The molecule has 1 N–H and O–H groups in total. The Morgan fingerprint density at radius 2 is 1.72 bits per heavy atom. The molecular formula is C28H48O. The maximum Gasteiger partial charge on any atom is 0.0543 e. The van der Waals surface area contributed by atoms with Crippen molar-refractivity contribution in [1.82, 2.24) is 0 Å². The van der Waals surface area contributed by atoms with Gasteiger partial charge in [-0.3, -0.25) is 0 Å². The predicted octanol–water partition coefficient (Wildman–Crippen LogP) is 7.78. The van der Waals surface area contributed by atoms with Crippen LogP contribution >= 0.6 is 0 Å². The lowest BCUT2D eigenvalue weighted by Crippen LogP contribution is -2.53. The molecule has 0 amide bonds. The van der Waals surface area contributed by atoms with Crippen LogP contribution in [0.1, 0.15) is 112 Å². The Morgan fingerprint density at radius 1 is 0.966 bits per heavy atom. The van der Waals surface area contributed by atoms with Gasteiger partial charge in [-0.05, 0) is 97.2 Å². The molecule has 4 aliphatic rings. The molecule has 0 bridgehead atoms. The first-order valence-corrected chi connectivity index (χ1v) is 13.0. The SMILES string of the molecule is CC(C)CCC[C@@H](C)[C@H]1CC[C@@]2(C)[C@@H]3CCC4C[C@@H](O)CC[C@]4(C)C3=CC[C@]12C. The summed E-state index contributed by atoms with van der Waals surface area (Å²) < 4.78 is 0. The molecule has 8 atom stereocenters.